The molecule has 0 atom stereocenters. The molecule has 0 radical (unpaired) electrons. The first-order chi connectivity index (χ1) is 17.1. The number of carbonyl (C=O) groups excluding carboxylic acids is 1. The van der Waals surface area contributed by atoms with Gasteiger partial charge in [0.25, 0.3) is 5.89 Å². The van der Waals surface area contributed by atoms with Crippen LogP contribution in [0.5, 0.6) is 0 Å². The van der Waals surface area contributed by atoms with E-state index < -0.39 is 0 Å². The highest BCUT2D eigenvalue weighted by atomic mass is 16.5. The number of hydrogen-bond donors (Lipinski definition) is 1. The normalized spacial score (nSPS) is 14.6. The molecular formula is C26H28N6O3. The van der Waals surface area contributed by atoms with Gasteiger partial charge >= 0.3 is 6.03 Å². The number of aryl methyl sites for hydroxylation is 2. The van der Waals surface area contributed by atoms with Crippen LogP contribution < -0.4 is 5.32 Å². The lowest BCUT2D eigenvalue weighted by Crippen LogP contribution is -2.38. The maximum atomic E-state index is 13.1. The van der Waals surface area contributed by atoms with Gasteiger partial charge < -0.3 is 19.3 Å². The molecule has 1 N–H and O–H groups in total. The first kappa shape index (κ1) is 22.8. The predicted octanol–water partition coefficient (Wildman–Crippen LogP) is 4.75. The lowest BCUT2D eigenvalue weighted by molar-refractivity contribution is 0.210. The molecule has 0 aliphatic carbocycles. The van der Waals surface area contributed by atoms with Crippen molar-refractivity contribution in [3.63, 3.8) is 0 Å². The van der Waals surface area contributed by atoms with Gasteiger partial charge in [0.15, 0.2) is 5.82 Å². The third-order valence-corrected chi connectivity index (χ3v) is 6.21. The van der Waals surface area contributed by atoms with Gasteiger partial charge in [0.1, 0.15) is 11.3 Å². The zero-order chi connectivity index (χ0) is 24.2. The molecule has 3 heterocycles. The topological polar surface area (TPSA) is 101 Å². The van der Waals surface area contributed by atoms with E-state index >= 15 is 0 Å². The first-order valence-corrected chi connectivity index (χ1v) is 11.8. The summed E-state index contributed by atoms with van der Waals surface area (Å²) < 4.78 is 10.7. The molecule has 35 heavy (non-hydrogen) atoms. The lowest BCUT2D eigenvalue weighted by Gasteiger charge is -2.22. The Hall–Kier alpha value is -3.98. The number of amides is 2. The molecule has 5 rings (SSSR count). The van der Waals surface area contributed by atoms with E-state index in [1.54, 1.807) is 0 Å². The minimum atomic E-state index is -0.0875. The van der Waals surface area contributed by atoms with Gasteiger partial charge in [-0.25, -0.2) is 4.79 Å². The highest BCUT2D eigenvalue weighted by molar-refractivity contribution is 5.94. The Kier molecular flexibility index (Phi) is 6.58. The number of para-hydroxylation sites is 1. The van der Waals surface area contributed by atoms with Crippen molar-refractivity contribution in [1.29, 1.82) is 0 Å². The number of nitrogens with one attached hydrogen (secondary N) is 1. The van der Waals surface area contributed by atoms with Crippen molar-refractivity contribution in [2.45, 2.75) is 26.8 Å². The Morgan fingerprint density at radius 3 is 2.54 bits per heavy atom. The van der Waals surface area contributed by atoms with E-state index in [9.17, 15) is 4.79 Å². The van der Waals surface area contributed by atoms with Gasteiger partial charge in [-0.2, -0.15) is 4.98 Å². The fourth-order valence-electron chi connectivity index (χ4n) is 4.40. The van der Waals surface area contributed by atoms with Crippen molar-refractivity contribution >= 4 is 11.7 Å². The van der Waals surface area contributed by atoms with Crippen LogP contribution in [0, 0.1) is 13.8 Å². The maximum Gasteiger partial charge on any atom is 0.321 e. The van der Waals surface area contributed by atoms with E-state index in [4.69, 9.17) is 9.05 Å². The second-order valence-corrected chi connectivity index (χ2v) is 8.67. The van der Waals surface area contributed by atoms with Gasteiger partial charge in [-0.1, -0.05) is 58.8 Å². The molecule has 1 saturated heterocycles. The quantitative estimate of drug-likeness (QED) is 0.447. The monoisotopic (exact) mass is 472 g/mol. The largest absolute Gasteiger partial charge is 0.361 e. The summed E-state index contributed by atoms with van der Waals surface area (Å²) in [6.07, 6.45) is 0.863. The van der Waals surface area contributed by atoms with E-state index in [0.717, 1.165) is 47.6 Å². The third kappa shape index (κ3) is 5.09. The molecule has 1 aliphatic heterocycles. The molecule has 2 amide bonds. The summed E-state index contributed by atoms with van der Waals surface area (Å²) in [5, 5.41) is 11.2. The lowest BCUT2D eigenvalue weighted by atomic mass is 10.0. The molecule has 4 aromatic rings. The van der Waals surface area contributed by atoms with Crippen molar-refractivity contribution in [2.75, 3.05) is 31.5 Å². The Morgan fingerprint density at radius 1 is 0.943 bits per heavy atom. The highest BCUT2D eigenvalue weighted by Gasteiger charge is 2.23. The maximum absolute atomic E-state index is 13.1. The van der Waals surface area contributed by atoms with E-state index in [1.807, 2.05) is 73.3 Å². The number of carbonyl (C=O) groups is 1. The molecule has 9 nitrogen and oxygen atoms in total. The number of anilines is 1. The first-order valence-electron chi connectivity index (χ1n) is 11.8. The van der Waals surface area contributed by atoms with Gasteiger partial charge in [0, 0.05) is 31.7 Å². The van der Waals surface area contributed by atoms with Crippen LogP contribution in [0.3, 0.4) is 0 Å². The fraction of sp³-hybridized carbons (Fsp3) is 0.308. The van der Waals surface area contributed by atoms with Crippen LogP contribution in [0.15, 0.2) is 63.6 Å². The molecular weight excluding hydrogens is 444 g/mol. The SMILES string of the molecule is Cc1noc(C)c1-c1nc(CN2CCCN(C(=O)Nc3ccccc3-c3ccccc3)CC2)no1. The Bertz CT molecular complexity index is 1280. The van der Waals surface area contributed by atoms with Crippen molar-refractivity contribution in [2.24, 2.45) is 0 Å². The Morgan fingerprint density at radius 2 is 1.74 bits per heavy atom. The zero-order valence-corrected chi connectivity index (χ0v) is 19.9. The molecule has 0 spiro atoms. The molecule has 0 unspecified atom stereocenters. The number of urea groups is 1. The molecule has 2 aromatic heterocycles. The van der Waals surface area contributed by atoms with E-state index in [2.05, 4.69) is 25.5 Å². The fourth-order valence-corrected chi connectivity index (χ4v) is 4.40. The summed E-state index contributed by atoms with van der Waals surface area (Å²) in [4.78, 5) is 21.8. The minimum Gasteiger partial charge on any atom is -0.361 e. The number of rotatable bonds is 5. The average molecular weight is 473 g/mol. The third-order valence-electron chi connectivity index (χ3n) is 6.21. The molecule has 0 saturated carbocycles. The zero-order valence-electron chi connectivity index (χ0n) is 19.9. The van der Waals surface area contributed by atoms with Gasteiger partial charge in [-0.3, -0.25) is 4.90 Å². The van der Waals surface area contributed by atoms with Gasteiger partial charge in [-0.15, -0.1) is 0 Å². The second kappa shape index (κ2) is 10.1. The summed E-state index contributed by atoms with van der Waals surface area (Å²) in [7, 11) is 0. The predicted molar refractivity (Wildman–Crippen MR) is 132 cm³/mol. The van der Waals surface area contributed by atoms with Crippen LogP contribution in [0.25, 0.3) is 22.6 Å². The van der Waals surface area contributed by atoms with Crippen LogP contribution >= 0.6 is 0 Å². The van der Waals surface area contributed by atoms with E-state index in [1.165, 1.54) is 0 Å². The number of aromatic nitrogens is 3. The van der Waals surface area contributed by atoms with Crippen molar-refractivity contribution in [3.05, 3.63) is 71.9 Å². The van der Waals surface area contributed by atoms with E-state index in [-0.39, 0.29) is 6.03 Å². The number of hydrogen-bond acceptors (Lipinski definition) is 7. The molecule has 9 heteroatoms. The molecule has 180 valence electrons. The Labute approximate surface area is 203 Å². The number of benzene rings is 2. The van der Waals surface area contributed by atoms with Gasteiger partial charge in [0.05, 0.1) is 17.9 Å². The molecule has 1 aliphatic rings. The van der Waals surface area contributed by atoms with Crippen molar-refractivity contribution < 1.29 is 13.8 Å². The van der Waals surface area contributed by atoms with Crippen LogP contribution in [0.1, 0.15) is 23.7 Å². The molecule has 2 aromatic carbocycles. The van der Waals surface area contributed by atoms with Crippen molar-refractivity contribution in [1.82, 2.24) is 25.1 Å². The van der Waals surface area contributed by atoms with Crippen LogP contribution in [0.2, 0.25) is 0 Å². The molecule has 1 fully saturated rings. The van der Waals surface area contributed by atoms with Gasteiger partial charge in [0.2, 0.25) is 0 Å². The highest BCUT2D eigenvalue weighted by Crippen LogP contribution is 2.28. The molecule has 0 bridgehead atoms. The van der Waals surface area contributed by atoms with Crippen LogP contribution in [0.4, 0.5) is 10.5 Å². The smallest absolute Gasteiger partial charge is 0.321 e. The summed E-state index contributed by atoms with van der Waals surface area (Å²) in [6.45, 7) is 7.11. The average Bonchev–Trinajstić information content (AvgIpc) is 3.37. The van der Waals surface area contributed by atoms with E-state index in [0.29, 0.717) is 37.1 Å². The summed E-state index contributed by atoms with van der Waals surface area (Å²) >= 11 is 0. The van der Waals surface area contributed by atoms with Crippen LogP contribution in [-0.2, 0) is 6.54 Å². The Balaban J connectivity index is 1.21. The summed E-state index contributed by atoms with van der Waals surface area (Å²) in [6, 6.07) is 17.9. The number of nitrogens with zero attached hydrogens (tertiary/aromatic N) is 5. The second-order valence-electron chi connectivity index (χ2n) is 8.67. The minimum absolute atomic E-state index is 0.0875. The van der Waals surface area contributed by atoms with Crippen LogP contribution in [-0.4, -0.2) is 57.3 Å². The standard InChI is InChI=1S/C26H28N6O3/c1-18-24(19(2)34-29-18)25-28-23(30-35-25)17-31-13-8-14-32(16-15-31)26(33)27-22-12-7-6-11-21(22)20-9-4-3-5-10-20/h3-7,9-12H,8,13-17H2,1-2H3,(H,27,33). The van der Waals surface area contributed by atoms with Crippen molar-refractivity contribution in [3.8, 4) is 22.6 Å². The summed E-state index contributed by atoms with van der Waals surface area (Å²) in [5.41, 5.74) is 4.36. The summed E-state index contributed by atoms with van der Waals surface area (Å²) in [5.74, 6) is 1.68. The van der Waals surface area contributed by atoms with Gasteiger partial charge in [-0.05, 0) is 31.9 Å².